The lowest BCUT2D eigenvalue weighted by Crippen LogP contribution is -2.07. The third-order valence-corrected chi connectivity index (χ3v) is 3.71. The summed E-state index contributed by atoms with van der Waals surface area (Å²) in [4.78, 5) is 3.33. The number of fused-ring (bicyclic) bond motifs is 1. The Bertz CT molecular complexity index is 556. The summed E-state index contributed by atoms with van der Waals surface area (Å²) in [5.41, 5.74) is 2.41. The highest BCUT2D eigenvalue weighted by atomic mass is 16.5. The van der Waals surface area contributed by atoms with Crippen molar-refractivity contribution in [3.05, 3.63) is 23.9 Å². The Morgan fingerprint density at radius 3 is 2.78 bits per heavy atom. The second-order valence-corrected chi connectivity index (χ2v) is 4.69. The van der Waals surface area contributed by atoms with Crippen LogP contribution in [0.3, 0.4) is 0 Å². The van der Waals surface area contributed by atoms with Crippen LogP contribution in [0.25, 0.3) is 10.9 Å². The number of nitrogens with one attached hydrogen (secondary N) is 2. The summed E-state index contributed by atoms with van der Waals surface area (Å²) in [6, 6.07) is 4.00. The highest BCUT2D eigenvalue weighted by Gasteiger charge is 2.21. The van der Waals surface area contributed by atoms with Gasteiger partial charge < -0.3 is 19.8 Å². The molecule has 18 heavy (non-hydrogen) atoms. The Balaban J connectivity index is 2.15. The first-order valence-electron chi connectivity index (χ1n) is 6.27. The fourth-order valence-corrected chi connectivity index (χ4v) is 2.73. The second-order valence-electron chi connectivity index (χ2n) is 4.69. The van der Waals surface area contributed by atoms with Gasteiger partial charge in [-0.1, -0.05) is 0 Å². The number of aromatic amines is 1. The fourth-order valence-electron chi connectivity index (χ4n) is 2.73. The van der Waals surface area contributed by atoms with Gasteiger partial charge in [0.2, 0.25) is 0 Å². The van der Waals surface area contributed by atoms with E-state index in [2.05, 4.69) is 22.6 Å². The molecule has 2 N–H and O–H groups in total. The fraction of sp³-hybridized carbons (Fsp3) is 0.429. The van der Waals surface area contributed by atoms with Crippen molar-refractivity contribution in [3.8, 4) is 11.5 Å². The molecule has 3 rings (SSSR count). The number of H-pyrrole nitrogens is 1. The van der Waals surface area contributed by atoms with E-state index in [9.17, 15) is 0 Å². The molecular weight excluding hydrogens is 228 g/mol. The summed E-state index contributed by atoms with van der Waals surface area (Å²) in [6.07, 6.45) is 3.29. The molecule has 1 aliphatic heterocycles. The molecule has 1 aliphatic rings. The van der Waals surface area contributed by atoms with Crippen molar-refractivity contribution in [2.45, 2.75) is 12.3 Å². The highest BCUT2D eigenvalue weighted by Crippen LogP contribution is 2.36. The maximum Gasteiger partial charge on any atom is 0.146 e. The SMILES string of the molecule is COc1cc(OC)c2[nH]cc(C3CCNC3)c2c1. The van der Waals surface area contributed by atoms with Crippen molar-refractivity contribution in [1.29, 1.82) is 0 Å². The van der Waals surface area contributed by atoms with E-state index < -0.39 is 0 Å². The summed E-state index contributed by atoms with van der Waals surface area (Å²) in [5, 5.41) is 4.61. The Hall–Kier alpha value is -1.68. The van der Waals surface area contributed by atoms with Gasteiger partial charge in [-0.05, 0) is 30.5 Å². The predicted octanol–water partition coefficient (Wildman–Crippen LogP) is 2.26. The number of benzene rings is 1. The minimum atomic E-state index is 0.579. The van der Waals surface area contributed by atoms with Gasteiger partial charge >= 0.3 is 0 Å². The number of ether oxygens (including phenoxy) is 2. The van der Waals surface area contributed by atoms with Gasteiger partial charge in [0.25, 0.3) is 0 Å². The van der Waals surface area contributed by atoms with Crippen LogP contribution in [0.2, 0.25) is 0 Å². The molecule has 1 atom stereocenters. The lowest BCUT2D eigenvalue weighted by Gasteiger charge is -2.09. The minimum absolute atomic E-state index is 0.579. The van der Waals surface area contributed by atoms with Crippen LogP contribution in [0, 0.1) is 0 Å². The zero-order chi connectivity index (χ0) is 12.5. The van der Waals surface area contributed by atoms with Crippen molar-refractivity contribution in [3.63, 3.8) is 0 Å². The highest BCUT2D eigenvalue weighted by molar-refractivity contribution is 5.90. The largest absolute Gasteiger partial charge is 0.497 e. The van der Waals surface area contributed by atoms with Crippen molar-refractivity contribution in [2.24, 2.45) is 0 Å². The summed E-state index contributed by atoms with van der Waals surface area (Å²) < 4.78 is 10.8. The van der Waals surface area contributed by atoms with E-state index in [0.717, 1.165) is 30.1 Å². The summed E-state index contributed by atoms with van der Waals surface area (Å²) in [7, 11) is 3.37. The molecule has 2 aromatic rings. The first-order chi connectivity index (χ1) is 8.83. The van der Waals surface area contributed by atoms with Crippen molar-refractivity contribution < 1.29 is 9.47 Å². The minimum Gasteiger partial charge on any atom is -0.497 e. The maximum atomic E-state index is 5.42. The predicted molar refractivity (Wildman–Crippen MR) is 71.6 cm³/mol. The zero-order valence-corrected chi connectivity index (χ0v) is 10.7. The van der Waals surface area contributed by atoms with E-state index in [1.54, 1.807) is 14.2 Å². The van der Waals surface area contributed by atoms with E-state index >= 15 is 0 Å². The van der Waals surface area contributed by atoms with Gasteiger partial charge in [0.05, 0.1) is 19.7 Å². The molecule has 0 radical (unpaired) electrons. The lowest BCUT2D eigenvalue weighted by molar-refractivity contribution is 0.397. The number of hydrogen-bond acceptors (Lipinski definition) is 3. The van der Waals surface area contributed by atoms with Crippen molar-refractivity contribution in [1.82, 2.24) is 10.3 Å². The van der Waals surface area contributed by atoms with Crippen LogP contribution in [-0.2, 0) is 0 Å². The van der Waals surface area contributed by atoms with Crippen molar-refractivity contribution >= 4 is 10.9 Å². The van der Waals surface area contributed by atoms with E-state index in [4.69, 9.17) is 9.47 Å². The quantitative estimate of drug-likeness (QED) is 0.873. The molecule has 96 valence electrons. The van der Waals surface area contributed by atoms with E-state index in [0.29, 0.717) is 5.92 Å². The summed E-state index contributed by atoms with van der Waals surface area (Å²) in [6.45, 7) is 2.14. The van der Waals surface area contributed by atoms with E-state index in [-0.39, 0.29) is 0 Å². The number of rotatable bonds is 3. The molecule has 2 heterocycles. The first kappa shape index (κ1) is 11.4. The molecule has 1 saturated heterocycles. The van der Waals surface area contributed by atoms with Gasteiger partial charge in [-0.3, -0.25) is 0 Å². The smallest absolute Gasteiger partial charge is 0.146 e. The average molecular weight is 246 g/mol. The summed E-state index contributed by atoms with van der Waals surface area (Å²) in [5.74, 6) is 2.25. The molecule has 1 unspecified atom stereocenters. The van der Waals surface area contributed by atoms with Crippen LogP contribution in [-0.4, -0.2) is 32.3 Å². The normalized spacial score (nSPS) is 19.3. The van der Waals surface area contributed by atoms with E-state index in [1.165, 1.54) is 17.4 Å². The monoisotopic (exact) mass is 246 g/mol. The third kappa shape index (κ3) is 1.73. The molecule has 4 nitrogen and oxygen atoms in total. The summed E-state index contributed by atoms with van der Waals surface area (Å²) >= 11 is 0. The molecule has 0 amide bonds. The van der Waals surface area contributed by atoms with Crippen LogP contribution >= 0.6 is 0 Å². The van der Waals surface area contributed by atoms with Crippen LogP contribution < -0.4 is 14.8 Å². The van der Waals surface area contributed by atoms with E-state index in [1.807, 2.05) is 6.07 Å². The molecule has 1 aromatic carbocycles. The Kier molecular flexibility index (Phi) is 2.88. The van der Waals surface area contributed by atoms with Gasteiger partial charge in [0.1, 0.15) is 11.5 Å². The molecule has 0 bridgehead atoms. The van der Waals surface area contributed by atoms with Gasteiger partial charge in [-0.25, -0.2) is 0 Å². The Labute approximate surface area is 106 Å². The third-order valence-electron chi connectivity index (χ3n) is 3.71. The van der Waals surface area contributed by atoms with Crippen LogP contribution in [0.5, 0.6) is 11.5 Å². The molecule has 0 saturated carbocycles. The molecular formula is C14H18N2O2. The Morgan fingerprint density at radius 1 is 1.22 bits per heavy atom. The first-order valence-corrected chi connectivity index (χ1v) is 6.27. The standard InChI is InChI=1S/C14H18N2O2/c1-17-10-5-11-12(9-3-4-15-7-9)8-16-14(11)13(6-10)18-2/h5-6,8-9,15-16H,3-4,7H2,1-2H3. The molecule has 4 heteroatoms. The number of hydrogen-bond donors (Lipinski definition) is 2. The molecule has 0 aliphatic carbocycles. The van der Waals surface area contributed by atoms with Crippen LogP contribution in [0.4, 0.5) is 0 Å². The zero-order valence-electron chi connectivity index (χ0n) is 10.7. The number of aromatic nitrogens is 1. The van der Waals surface area contributed by atoms with Crippen LogP contribution in [0.1, 0.15) is 17.9 Å². The molecule has 1 fully saturated rings. The second kappa shape index (κ2) is 4.53. The topological polar surface area (TPSA) is 46.3 Å². The Morgan fingerprint density at radius 2 is 2.11 bits per heavy atom. The molecule has 1 aromatic heterocycles. The van der Waals surface area contributed by atoms with Gasteiger partial charge in [-0.2, -0.15) is 0 Å². The molecule has 0 spiro atoms. The maximum absolute atomic E-state index is 5.42. The van der Waals surface area contributed by atoms with Gasteiger partial charge in [0, 0.05) is 24.2 Å². The average Bonchev–Trinajstić information content (AvgIpc) is 3.05. The number of methoxy groups -OCH3 is 2. The lowest BCUT2D eigenvalue weighted by atomic mass is 9.97. The van der Waals surface area contributed by atoms with Crippen LogP contribution in [0.15, 0.2) is 18.3 Å². The van der Waals surface area contributed by atoms with Gasteiger partial charge in [0.15, 0.2) is 0 Å². The van der Waals surface area contributed by atoms with Crippen molar-refractivity contribution in [2.75, 3.05) is 27.3 Å². The van der Waals surface area contributed by atoms with Gasteiger partial charge in [-0.15, -0.1) is 0 Å².